The predicted octanol–water partition coefficient (Wildman–Crippen LogP) is 5.93. The number of alkyl halides is 3. The molecule has 0 fully saturated rings. The fourth-order valence-electron chi connectivity index (χ4n) is 3.23. The number of nitrogens with zero attached hydrogens (tertiary/aromatic N) is 3. The lowest BCUT2D eigenvalue weighted by atomic mass is 10.0. The van der Waals surface area contributed by atoms with Crippen LogP contribution in [-0.2, 0) is 6.18 Å². The Morgan fingerprint density at radius 1 is 1.07 bits per heavy atom. The highest BCUT2D eigenvalue weighted by Crippen LogP contribution is 2.38. The number of aromatic nitrogens is 1. The average Bonchev–Trinajstić information content (AvgIpc) is 2.99. The topological polar surface area (TPSA) is 53.1 Å². The van der Waals surface area contributed by atoms with E-state index in [1.54, 1.807) is 18.0 Å². The summed E-state index contributed by atoms with van der Waals surface area (Å²) in [6.07, 6.45) is -4.60. The second-order valence-corrected chi connectivity index (χ2v) is 6.60. The van der Waals surface area contributed by atoms with Crippen LogP contribution in [0.15, 0.2) is 40.9 Å². The molecule has 1 heterocycles. The van der Waals surface area contributed by atoms with Gasteiger partial charge in [-0.05, 0) is 56.2 Å². The lowest BCUT2D eigenvalue weighted by Gasteiger charge is -2.24. The SMILES string of the molecule is Cc1ccc(-c2c(C)noc2C)cc1N(C)c1ccc(C#N)c(C(F)(F)F)c1. The highest BCUT2D eigenvalue weighted by atomic mass is 19.4. The highest BCUT2D eigenvalue weighted by molar-refractivity contribution is 5.76. The molecule has 0 spiro atoms. The molecule has 144 valence electrons. The minimum atomic E-state index is -4.60. The van der Waals surface area contributed by atoms with Crippen LogP contribution in [0.5, 0.6) is 0 Å². The number of hydrogen-bond acceptors (Lipinski definition) is 4. The fraction of sp³-hybridized carbons (Fsp3) is 0.238. The van der Waals surface area contributed by atoms with E-state index in [9.17, 15) is 13.2 Å². The quantitative estimate of drug-likeness (QED) is 0.561. The molecule has 0 aliphatic heterocycles. The molecule has 4 nitrogen and oxygen atoms in total. The summed E-state index contributed by atoms with van der Waals surface area (Å²) in [5.41, 5.74) is 3.12. The Morgan fingerprint density at radius 3 is 2.36 bits per heavy atom. The van der Waals surface area contributed by atoms with Gasteiger partial charge in [0.2, 0.25) is 0 Å². The van der Waals surface area contributed by atoms with Gasteiger partial charge in [0, 0.05) is 24.0 Å². The molecule has 3 rings (SSSR count). The summed E-state index contributed by atoms with van der Waals surface area (Å²) in [6, 6.07) is 11.0. The average molecular weight is 385 g/mol. The van der Waals surface area contributed by atoms with Crippen molar-refractivity contribution in [2.45, 2.75) is 26.9 Å². The summed E-state index contributed by atoms with van der Waals surface area (Å²) in [5, 5.41) is 12.9. The zero-order chi connectivity index (χ0) is 20.6. The number of aryl methyl sites for hydroxylation is 3. The van der Waals surface area contributed by atoms with Crippen molar-refractivity contribution in [3.63, 3.8) is 0 Å². The monoisotopic (exact) mass is 385 g/mol. The normalized spacial score (nSPS) is 11.4. The third-order valence-electron chi connectivity index (χ3n) is 4.71. The number of benzene rings is 2. The van der Waals surface area contributed by atoms with Gasteiger partial charge in [-0.1, -0.05) is 17.3 Å². The van der Waals surface area contributed by atoms with Gasteiger partial charge >= 0.3 is 6.18 Å². The molecule has 0 atom stereocenters. The van der Waals surface area contributed by atoms with E-state index in [2.05, 4.69) is 5.16 Å². The Balaban J connectivity index is 2.10. The van der Waals surface area contributed by atoms with Crippen molar-refractivity contribution < 1.29 is 17.7 Å². The molecule has 0 N–H and O–H groups in total. The maximum atomic E-state index is 13.3. The van der Waals surface area contributed by atoms with Gasteiger partial charge in [0.1, 0.15) is 5.76 Å². The van der Waals surface area contributed by atoms with Gasteiger partial charge in [0.25, 0.3) is 0 Å². The molecule has 0 aliphatic carbocycles. The highest BCUT2D eigenvalue weighted by Gasteiger charge is 2.34. The molecule has 0 bridgehead atoms. The Morgan fingerprint density at radius 2 is 1.79 bits per heavy atom. The second-order valence-electron chi connectivity index (χ2n) is 6.60. The van der Waals surface area contributed by atoms with Crippen LogP contribution >= 0.6 is 0 Å². The van der Waals surface area contributed by atoms with Crippen molar-refractivity contribution in [2.24, 2.45) is 0 Å². The largest absolute Gasteiger partial charge is 0.417 e. The first-order valence-corrected chi connectivity index (χ1v) is 8.52. The van der Waals surface area contributed by atoms with Gasteiger partial charge in [-0.3, -0.25) is 0 Å². The standard InChI is InChI=1S/C21H18F3N3O/c1-12-5-6-15(20-13(2)26-28-14(20)3)9-19(12)27(4)17-8-7-16(11-25)18(10-17)21(22,23)24/h5-10H,1-4H3. The number of anilines is 2. The molecule has 0 saturated heterocycles. The van der Waals surface area contributed by atoms with E-state index in [0.717, 1.165) is 34.1 Å². The predicted molar refractivity (Wildman–Crippen MR) is 100 cm³/mol. The van der Waals surface area contributed by atoms with Gasteiger partial charge in [0.15, 0.2) is 0 Å². The molecule has 0 saturated carbocycles. The van der Waals surface area contributed by atoms with Crippen molar-refractivity contribution in [1.29, 1.82) is 5.26 Å². The second kappa shape index (κ2) is 7.04. The van der Waals surface area contributed by atoms with Crippen LogP contribution in [0.3, 0.4) is 0 Å². The lowest BCUT2D eigenvalue weighted by Crippen LogP contribution is -2.14. The lowest BCUT2D eigenvalue weighted by molar-refractivity contribution is -0.137. The van der Waals surface area contributed by atoms with E-state index in [0.29, 0.717) is 11.4 Å². The van der Waals surface area contributed by atoms with Crippen molar-refractivity contribution in [1.82, 2.24) is 5.16 Å². The number of nitriles is 1. The Bertz CT molecular complexity index is 1060. The third-order valence-corrected chi connectivity index (χ3v) is 4.71. The maximum absolute atomic E-state index is 13.3. The summed E-state index contributed by atoms with van der Waals surface area (Å²) in [7, 11) is 1.70. The Kier molecular flexibility index (Phi) is 4.90. The van der Waals surface area contributed by atoms with Gasteiger partial charge in [-0.15, -0.1) is 0 Å². The molecule has 2 aromatic carbocycles. The van der Waals surface area contributed by atoms with Gasteiger partial charge < -0.3 is 9.42 Å². The number of rotatable bonds is 3. The van der Waals surface area contributed by atoms with Gasteiger partial charge in [0.05, 0.1) is 22.9 Å². The van der Waals surface area contributed by atoms with Crippen molar-refractivity contribution >= 4 is 11.4 Å². The minimum absolute atomic E-state index is 0.338. The molecular formula is C21H18F3N3O. The molecule has 0 aliphatic rings. The fourth-order valence-corrected chi connectivity index (χ4v) is 3.23. The van der Waals surface area contributed by atoms with E-state index in [4.69, 9.17) is 9.78 Å². The van der Waals surface area contributed by atoms with Crippen LogP contribution in [-0.4, -0.2) is 12.2 Å². The van der Waals surface area contributed by atoms with E-state index in [1.165, 1.54) is 12.1 Å². The summed E-state index contributed by atoms with van der Waals surface area (Å²) < 4.78 is 45.2. The van der Waals surface area contributed by atoms with Crippen molar-refractivity contribution in [2.75, 3.05) is 11.9 Å². The summed E-state index contributed by atoms with van der Waals surface area (Å²) >= 11 is 0. The summed E-state index contributed by atoms with van der Waals surface area (Å²) in [5.74, 6) is 0.674. The molecule has 3 aromatic rings. The molecule has 7 heteroatoms. The van der Waals surface area contributed by atoms with Crippen LogP contribution in [0.2, 0.25) is 0 Å². The molecule has 0 unspecified atom stereocenters. The first kappa shape index (κ1) is 19.5. The van der Waals surface area contributed by atoms with Crippen LogP contribution < -0.4 is 4.90 Å². The van der Waals surface area contributed by atoms with E-state index in [-0.39, 0.29) is 0 Å². The first-order chi connectivity index (χ1) is 13.1. The van der Waals surface area contributed by atoms with E-state index in [1.807, 2.05) is 39.0 Å². The van der Waals surface area contributed by atoms with Crippen LogP contribution in [0.4, 0.5) is 24.5 Å². The molecule has 0 radical (unpaired) electrons. The Hall–Kier alpha value is -3.27. The van der Waals surface area contributed by atoms with Gasteiger partial charge in [-0.2, -0.15) is 18.4 Å². The van der Waals surface area contributed by atoms with Crippen LogP contribution in [0, 0.1) is 32.1 Å². The third kappa shape index (κ3) is 3.46. The minimum Gasteiger partial charge on any atom is -0.361 e. The Labute approximate surface area is 160 Å². The molecule has 1 aromatic heterocycles. The van der Waals surface area contributed by atoms with Crippen LogP contribution in [0.25, 0.3) is 11.1 Å². The van der Waals surface area contributed by atoms with Crippen LogP contribution in [0.1, 0.15) is 28.1 Å². The van der Waals surface area contributed by atoms with Crippen molar-refractivity contribution in [3.05, 3.63) is 64.5 Å². The first-order valence-electron chi connectivity index (χ1n) is 8.52. The molecular weight excluding hydrogens is 367 g/mol. The zero-order valence-corrected chi connectivity index (χ0v) is 15.8. The maximum Gasteiger partial charge on any atom is 0.417 e. The molecule has 28 heavy (non-hydrogen) atoms. The van der Waals surface area contributed by atoms with E-state index < -0.39 is 17.3 Å². The van der Waals surface area contributed by atoms with Gasteiger partial charge in [-0.25, -0.2) is 0 Å². The smallest absolute Gasteiger partial charge is 0.361 e. The van der Waals surface area contributed by atoms with Crippen molar-refractivity contribution in [3.8, 4) is 17.2 Å². The van der Waals surface area contributed by atoms with E-state index >= 15 is 0 Å². The number of hydrogen-bond donors (Lipinski definition) is 0. The molecule has 0 amide bonds. The number of halogens is 3. The summed E-state index contributed by atoms with van der Waals surface area (Å²) in [6.45, 7) is 5.54. The summed E-state index contributed by atoms with van der Waals surface area (Å²) in [4.78, 5) is 1.67. The zero-order valence-electron chi connectivity index (χ0n) is 15.8.